The maximum atomic E-state index is 13.1. The number of alkyl halides is 3. The Kier molecular flexibility index (Phi) is 4.49. The first-order chi connectivity index (χ1) is 10.7. The lowest BCUT2D eigenvalue weighted by atomic mass is 9.96. The summed E-state index contributed by atoms with van der Waals surface area (Å²) in [6.07, 6.45) is -1.86. The Hall–Kier alpha value is -2.70. The average Bonchev–Trinajstić information content (AvgIpc) is 2.46. The van der Waals surface area contributed by atoms with Crippen molar-refractivity contribution in [3.63, 3.8) is 0 Å². The summed E-state index contributed by atoms with van der Waals surface area (Å²) < 4.78 is 39.2. The molecule has 7 heteroatoms. The van der Waals surface area contributed by atoms with Crippen LogP contribution in [-0.4, -0.2) is 16.8 Å². The number of imide groups is 1. The van der Waals surface area contributed by atoms with E-state index in [0.29, 0.717) is 0 Å². The summed E-state index contributed by atoms with van der Waals surface area (Å²) in [5.74, 6) is -1.61. The smallest absolute Gasteiger partial charge is 0.288 e. The summed E-state index contributed by atoms with van der Waals surface area (Å²) in [5.41, 5.74) is -1.11. The molecule has 23 heavy (non-hydrogen) atoms. The minimum Gasteiger partial charge on any atom is -0.288 e. The SMILES string of the molecule is Cc1ccc(C(=O)NC(=O)c2cccnc2)c(C)c1C(F)(F)F. The minimum atomic E-state index is -4.57. The van der Waals surface area contributed by atoms with E-state index in [1.807, 2.05) is 0 Å². The first-order valence-electron chi connectivity index (χ1n) is 6.65. The van der Waals surface area contributed by atoms with Crippen molar-refractivity contribution < 1.29 is 22.8 Å². The lowest BCUT2D eigenvalue weighted by molar-refractivity contribution is -0.138. The van der Waals surface area contributed by atoms with E-state index >= 15 is 0 Å². The van der Waals surface area contributed by atoms with Crippen LogP contribution >= 0.6 is 0 Å². The van der Waals surface area contributed by atoms with Crippen molar-refractivity contribution in [3.05, 3.63) is 64.5 Å². The van der Waals surface area contributed by atoms with Crippen LogP contribution in [0.3, 0.4) is 0 Å². The number of nitrogens with one attached hydrogen (secondary N) is 1. The van der Waals surface area contributed by atoms with Gasteiger partial charge in [0, 0.05) is 18.0 Å². The summed E-state index contributed by atoms with van der Waals surface area (Å²) in [6, 6.07) is 5.43. The summed E-state index contributed by atoms with van der Waals surface area (Å²) in [7, 11) is 0. The highest BCUT2D eigenvalue weighted by atomic mass is 19.4. The molecule has 0 saturated carbocycles. The number of amides is 2. The van der Waals surface area contributed by atoms with E-state index in [4.69, 9.17) is 0 Å². The standard InChI is InChI=1S/C16H13F3N2O2/c1-9-5-6-12(10(2)13(9)16(17,18)19)15(23)21-14(22)11-4-3-7-20-8-11/h3-8H,1-2H3,(H,21,22,23). The molecule has 1 aromatic heterocycles. The summed E-state index contributed by atoms with van der Waals surface area (Å²) in [4.78, 5) is 27.8. The Balaban J connectivity index is 2.32. The van der Waals surface area contributed by atoms with Crippen LogP contribution in [0.5, 0.6) is 0 Å². The predicted molar refractivity (Wildman–Crippen MR) is 77.0 cm³/mol. The van der Waals surface area contributed by atoms with Gasteiger partial charge in [0.2, 0.25) is 0 Å². The van der Waals surface area contributed by atoms with E-state index in [1.54, 1.807) is 0 Å². The Bertz CT molecular complexity index is 756. The molecule has 0 atom stereocenters. The summed E-state index contributed by atoms with van der Waals surface area (Å²) in [6.45, 7) is 2.53. The molecule has 0 spiro atoms. The minimum absolute atomic E-state index is 0.0186. The molecule has 0 radical (unpaired) electrons. The predicted octanol–water partition coefficient (Wildman–Crippen LogP) is 3.29. The van der Waals surface area contributed by atoms with Gasteiger partial charge in [-0.1, -0.05) is 6.07 Å². The molecule has 0 unspecified atom stereocenters. The quantitative estimate of drug-likeness (QED) is 0.863. The van der Waals surface area contributed by atoms with Gasteiger partial charge in [0.25, 0.3) is 11.8 Å². The van der Waals surface area contributed by atoms with E-state index in [-0.39, 0.29) is 22.3 Å². The molecule has 1 heterocycles. The van der Waals surface area contributed by atoms with Crippen LogP contribution in [0.15, 0.2) is 36.7 Å². The Morgan fingerprint density at radius 1 is 1.09 bits per heavy atom. The number of pyridine rings is 1. The molecular weight excluding hydrogens is 309 g/mol. The number of carbonyl (C=O) groups excluding carboxylic acids is 2. The van der Waals surface area contributed by atoms with Gasteiger partial charge in [-0.15, -0.1) is 0 Å². The van der Waals surface area contributed by atoms with Crippen LogP contribution in [0.4, 0.5) is 13.2 Å². The second kappa shape index (κ2) is 6.20. The van der Waals surface area contributed by atoms with E-state index in [2.05, 4.69) is 10.3 Å². The number of aromatic nitrogens is 1. The number of benzene rings is 1. The van der Waals surface area contributed by atoms with Crippen molar-refractivity contribution in [1.29, 1.82) is 0 Å². The highest BCUT2D eigenvalue weighted by molar-refractivity contribution is 6.10. The first-order valence-corrected chi connectivity index (χ1v) is 6.65. The van der Waals surface area contributed by atoms with Crippen LogP contribution in [0, 0.1) is 13.8 Å². The van der Waals surface area contributed by atoms with Gasteiger partial charge in [-0.25, -0.2) is 0 Å². The Morgan fingerprint density at radius 2 is 1.78 bits per heavy atom. The van der Waals surface area contributed by atoms with Crippen molar-refractivity contribution in [3.8, 4) is 0 Å². The van der Waals surface area contributed by atoms with Crippen LogP contribution in [0.1, 0.15) is 37.4 Å². The van der Waals surface area contributed by atoms with E-state index in [0.717, 1.165) is 0 Å². The highest BCUT2D eigenvalue weighted by Crippen LogP contribution is 2.35. The number of rotatable bonds is 2. The van der Waals surface area contributed by atoms with E-state index in [9.17, 15) is 22.8 Å². The molecule has 0 bridgehead atoms. The fourth-order valence-electron chi connectivity index (χ4n) is 2.27. The van der Waals surface area contributed by atoms with Gasteiger partial charge in [-0.3, -0.25) is 19.9 Å². The number of halogens is 3. The van der Waals surface area contributed by atoms with Gasteiger partial charge >= 0.3 is 6.18 Å². The third-order valence-electron chi connectivity index (χ3n) is 3.35. The van der Waals surface area contributed by atoms with E-state index < -0.39 is 23.6 Å². The van der Waals surface area contributed by atoms with Gasteiger partial charge in [0.15, 0.2) is 0 Å². The molecule has 0 fully saturated rings. The molecule has 0 aliphatic carbocycles. The second-order valence-electron chi connectivity index (χ2n) is 4.95. The van der Waals surface area contributed by atoms with Gasteiger partial charge in [-0.05, 0) is 43.2 Å². The monoisotopic (exact) mass is 322 g/mol. The lowest BCUT2D eigenvalue weighted by Crippen LogP contribution is -2.31. The molecule has 2 aromatic rings. The van der Waals surface area contributed by atoms with Crippen LogP contribution < -0.4 is 5.32 Å². The van der Waals surface area contributed by atoms with Gasteiger partial charge in [0.05, 0.1) is 11.1 Å². The zero-order valence-electron chi connectivity index (χ0n) is 12.4. The molecule has 2 amide bonds. The van der Waals surface area contributed by atoms with Crippen LogP contribution in [0.25, 0.3) is 0 Å². The Labute approximate surface area is 130 Å². The molecule has 1 aromatic carbocycles. The number of hydrogen-bond donors (Lipinski definition) is 1. The lowest BCUT2D eigenvalue weighted by Gasteiger charge is -2.16. The molecule has 4 nitrogen and oxygen atoms in total. The third kappa shape index (κ3) is 3.56. The van der Waals surface area contributed by atoms with Gasteiger partial charge in [0.1, 0.15) is 0 Å². The molecule has 0 aliphatic rings. The molecule has 1 N–H and O–H groups in total. The molecular formula is C16H13F3N2O2. The van der Waals surface area contributed by atoms with Crippen molar-refractivity contribution in [2.45, 2.75) is 20.0 Å². The topological polar surface area (TPSA) is 59.1 Å². The fourth-order valence-corrected chi connectivity index (χ4v) is 2.27. The average molecular weight is 322 g/mol. The maximum absolute atomic E-state index is 13.1. The molecule has 0 saturated heterocycles. The number of carbonyl (C=O) groups is 2. The largest absolute Gasteiger partial charge is 0.416 e. The number of nitrogens with zero attached hydrogens (tertiary/aromatic N) is 1. The van der Waals surface area contributed by atoms with Gasteiger partial charge < -0.3 is 0 Å². The number of aryl methyl sites for hydroxylation is 1. The molecule has 2 rings (SSSR count). The van der Waals surface area contributed by atoms with Crippen LogP contribution in [-0.2, 0) is 6.18 Å². The maximum Gasteiger partial charge on any atom is 0.416 e. The first kappa shape index (κ1) is 16.7. The summed E-state index contributed by atoms with van der Waals surface area (Å²) >= 11 is 0. The van der Waals surface area contributed by atoms with E-state index in [1.165, 1.54) is 50.5 Å². The zero-order chi connectivity index (χ0) is 17.2. The molecule has 120 valence electrons. The Morgan fingerprint density at radius 3 is 2.35 bits per heavy atom. The second-order valence-corrected chi connectivity index (χ2v) is 4.95. The van der Waals surface area contributed by atoms with Crippen LogP contribution in [0.2, 0.25) is 0 Å². The number of hydrogen-bond acceptors (Lipinski definition) is 3. The van der Waals surface area contributed by atoms with Crippen molar-refractivity contribution in [2.75, 3.05) is 0 Å². The van der Waals surface area contributed by atoms with Crippen molar-refractivity contribution >= 4 is 11.8 Å². The van der Waals surface area contributed by atoms with Crippen molar-refractivity contribution in [2.24, 2.45) is 0 Å². The van der Waals surface area contributed by atoms with Crippen molar-refractivity contribution in [1.82, 2.24) is 10.3 Å². The fraction of sp³-hybridized carbons (Fsp3) is 0.188. The third-order valence-corrected chi connectivity index (χ3v) is 3.35. The highest BCUT2D eigenvalue weighted by Gasteiger charge is 2.35. The molecule has 0 aliphatic heterocycles. The van der Waals surface area contributed by atoms with Gasteiger partial charge in [-0.2, -0.15) is 13.2 Å². The summed E-state index contributed by atoms with van der Waals surface area (Å²) in [5, 5.41) is 2.07. The zero-order valence-corrected chi connectivity index (χ0v) is 12.4. The normalized spacial score (nSPS) is 11.2.